The van der Waals surface area contributed by atoms with Crippen LogP contribution in [-0.2, 0) is 4.79 Å². The van der Waals surface area contributed by atoms with Gasteiger partial charge in [-0.15, -0.1) is 0 Å². The number of carbonyl (C=O) groups is 2. The molecular formula is C22H20N2O8. The number of nitro groups is 1. The van der Waals surface area contributed by atoms with Crippen molar-refractivity contribution in [2.24, 2.45) is 5.92 Å². The van der Waals surface area contributed by atoms with E-state index in [4.69, 9.17) is 13.9 Å². The van der Waals surface area contributed by atoms with E-state index >= 15 is 0 Å². The summed E-state index contributed by atoms with van der Waals surface area (Å²) >= 11 is 0. The fourth-order valence-electron chi connectivity index (χ4n) is 2.67. The highest BCUT2D eigenvalue weighted by molar-refractivity contribution is 5.96. The van der Waals surface area contributed by atoms with E-state index in [0.717, 1.165) is 0 Å². The maximum atomic E-state index is 12.2. The van der Waals surface area contributed by atoms with E-state index in [0.29, 0.717) is 11.9 Å². The van der Waals surface area contributed by atoms with Crippen molar-refractivity contribution in [2.75, 3.05) is 13.2 Å². The predicted molar refractivity (Wildman–Crippen MR) is 114 cm³/mol. The van der Waals surface area contributed by atoms with Gasteiger partial charge in [-0.2, -0.15) is 0 Å². The highest BCUT2D eigenvalue weighted by Gasteiger charge is 2.15. The van der Waals surface area contributed by atoms with E-state index < -0.39 is 29.0 Å². The molecule has 0 bridgehead atoms. The summed E-state index contributed by atoms with van der Waals surface area (Å²) in [6.45, 7) is 3.85. The third-order valence-electron chi connectivity index (χ3n) is 4.26. The number of hydrogen-bond acceptors (Lipinski definition) is 8. The van der Waals surface area contributed by atoms with Crippen LogP contribution in [0.5, 0.6) is 11.5 Å². The minimum absolute atomic E-state index is 0.0989. The van der Waals surface area contributed by atoms with E-state index in [1.54, 1.807) is 6.07 Å². The number of nitrogens with one attached hydrogen (secondary N) is 1. The Morgan fingerprint density at radius 3 is 2.44 bits per heavy atom. The van der Waals surface area contributed by atoms with Crippen molar-refractivity contribution in [1.29, 1.82) is 0 Å². The zero-order valence-corrected chi connectivity index (χ0v) is 17.3. The molecular weight excluding hydrogens is 420 g/mol. The van der Waals surface area contributed by atoms with E-state index in [1.165, 1.54) is 42.5 Å². The second kappa shape index (κ2) is 9.73. The van der Waals surface area contributed by atoms with Crippen LogP contribution in [-0.4, -0.2) is 30.0 Å². The Morgan fingerprint density at radius 1 is 1.09 bits per heavy atom. The van der Waals surface area contributed by atoms with Crippen LogP contribution in [0.25, 0.3) is 11.0 Å². The summed E-state index contributed by atoms with van der Waals surface area (Å²) < 4.78 is 15.6. The van der Waals surface area contributed by atoms with Gasteiger partial charge in [-0.1, -0.05) is 13.8 Å². The molecule has 1 heterocycles. The lowest BCUT2D eigenvalue weighted by Gasteiger charge is -2.09. The molecule has 0 aliphatic rings. The largest absolute Gasteiger partial charge is 0.482 e. The van der Waals surface area contributed by atoms with Crippen LogP contribution in [0.15, 0.2) is 57.7 Å². The monoisotopic (exact) mass is 440 g/mol. The van der Waals surface area contributed by atoms with Gasteiger partial charge in [0.25, 0.3) is 11.6 Å². The Labute approximate surface area is 181 Å². The minimum atomic E-state index is -0.802. The van der Waals surface area contributed by atoms with Crippen LogP contribution in [0.2, 0.25) is 0 Å². The summed E-state index contributed by atoms with van der Waals surface area (Å²) in [7, 11) is 0. The molecule has 3 rings (SSSR count). The molecule has 1 N–H and O–H groups in total. The van der Waals surface area contributed by atoms with Gasteiger partial charge in [0.15, 0.2) is 6.61 Å². The topological polar surface area (TPSA) is 138 Å². The summed E-state index contributed by atoms with van der Waals surface area (Å²) in [4.78, 5) is 46.5. The summed E-state index contributed by atoms with van der Waals surface area (Å²) in [5.74, 6) is -0.633. The molecule has 0 fully saturated rings. The highest BCUT2D eigenvalue weighted by Crippen LogP contribution is 2.21. The van der Waals surface area contributed by atoms with E-state index in [2.05, 4.69) is 5.32 Å². The number of nitrogens with zero attached hydrogens (tertiary/aromatic N) is 1. The van der Waals surface area contributed by atoms with Crippen molar-refractivity contribution in [3.63, 3.8) is 0 Å². The van der Waals surface area contributed by atoms with Crippen molar-refractivity contribution in [3.8, 4) is 11.5 Å². The Balaban J connectivity index is 1.65. The number of ether oxygens (including phenoxy) is 2. The fraction of sp³-hybridized carbons (Fsp3) is 0.227. The fourth-order valence-corrected chi connectivity index (χ4v) is 2.67. The van der Waals surface area contributed by atoms with E-state index in [-0.39, 0.29) is 34.3 Å². The molecule has 1 aromatic heterocycles. The zero-order chi connectivity index (χ0) is 23.3. The average molecular weight is 440 g/mol. The molecule has 0 aliphatic heterocycles. The lowest BCUT2D eigenvalue weighted by atomic mass is 10.1. The Kier molecular flexibility index (Phi) is 6.83. The quantitative estimate of drug-likeness (QED) is 0.185. The van der Waals surface area contributed by atoms with Gasteiger partial charge in [0, 0.05) is 30.1 Å². The standard InChI is InChI=1S/C22H20N2O8/c1-13(2)11-23-21(26)18-9-14-3-6-17(10-19(14)32-22(18)27)31-20(25)12-30-16-7-4-15(5-8-16)24(28)29/h3-10,13H,11-12H2,1-2H3,(H,23,26). The molecule has 0 saturated heterocycles. The molecule has 1 amide bonds. The maximum absolute atomic E-state index is 12.2. The van der Waals surface area contributed by atoms with Crippen LogP contribution in [0.3, 0.4) is 0 Å². The molecule has 0 aliphatic carbocycles. The van der Waals surface area contributed by atoms with Crippen LogP contribution >= 0.6 is 0 Å². The van der Waals surface area contributed by atoms with Crippen LogP contribution < -0.4 is 20.4 Å². The van der Waals surface area contributed by atoms with Gasteiger partial charge < -0.3 is 19.2 Å². The average Bonchev–Trinajstić information content (AvgIpc) is 2.75. The number of non-ortho nitro benzene ring substituents is 1. The lowest BCUT2D eigenvalue weighted by molar-refractivity contribution is -0.384. The first-order valence-corrected chi connectivity index (χ1v) is 9.67. The molecule has 0 saturated carbocycles. The highest BCUT2D eigenvalue weighted by atomic mass is 16.6. The minimum Gasteiger partial charge on any atom is -0.482 e. The molecule has 2 aromatic carbocycles. The number of carbonyl (C=O) groups excluding carboxylic acids is 2. The van der Waals surface area contributed by atoms with Gasteiger partial charge in [-0.05, 0) is 36.2 Å². The Bertz CT molecular complexity index is 1210. The molecule has 32 heavy (non-hydrogen) atoms. The van der Waals surface area contributed by atoms with Gasteiger partial charge in [0.05, 0.1) is 4.92 Å². The number of rotatable bonds is 8. The van der Waals surface area contributed by atoms with Crippen molar-refractivity contribution in [3.05, 3.63) is 74.6 Å². The molecule has 10 nitrogen and oxygen atoms in total. The summed E-state index contributed by atoms with van der Waals surface area (Å²) in [6, 6.07) is 11.1. The second-order valence-corrected chi connectivity index (χ2v) is 7.26. The first kappa shape index (κ1) is 22.5. The number of hydrogen-bond donors (Lipinski definition) is 1. The molecule has 0 spiro atoms. The zero-order valence-electron chi connectivity index (χ0n) is 17.3. The Morgan fingerprint density at radius 2 is 1.78 bits per heavy atom. The van der Waals surface area contributed by atoms with Crippen molar-refractivity contribution >= 4 is 28.5 Å². The number of amides is 1. The molecule has 0 radical (unpaired) electrons. The molecule has 0 atom stereocenters. The SMILES string of the molecule is CC(C)CNC(=O)c1cc2ccc(OC(=O)COc3ccc([N+](=O)[O-])cc3)cc2oc1=O. The Hall–Kier alpha value is -4.21. The third-order valence-corrected chi connectivity index (χ3v) is 4.26. The van der Waals surface area contributed by atoms with E-state index in [9.17, 15) is 24.5 Å². The van der Waals surface area contributed by atoms with Crippen LogP contribution in [0.1, 0.15) is 24.2 Å². The summed E-state index contributed by atoms with van der Waals surface area (Å²) in [6.07, 6.45) is 0. The normalized spacial score (nSPS) is 10.7. The first-order valence-electron chi connectivity index (χ1n) is 9.67. The maximum Gasteiger partial charge on any atom is 0.349 e. The third kappa shape index (κ3) is 5.69. The lowest BCUT2D eigenvalue weighted by Crippen LogP contribution is -2.31. The summed E-state index contributed by atoms with van der Waals surface area (Å²) in [5.41, 5.74) is -0.863. The van der Waals surface area contributed by atoms with Crippen LogP contribution in [0, 0.1) is 16.0 Å². The van der Waals surface area contributed by atoms with Gasteiger partial charge in [-0.25, -0.2) is 9.59 Å². The van der Waals surface area contributed by atoms with Gasteiger partial charge in [0.2, 0.25) is 0 Å². The van der Waals surface area contributed by atoms with Crippen molar-refractivity contribution < 1.29 is 28.4 Å². The van der Waals surface area contributed by atoms with Crippen LogP contribution in [0.4, 0.5) is 5.69 Å². The molecule has 3 aromatic rings. The van der Waals surface area contributed by atoms with E-state index in [1.807, 2.05) is 13.8 Å². The number of benzene rings is 2. The van der Waals surface area contributed by atoms with Gasteiger partial charge >= 0.3 is 11.6 Å². The smallest absolute Gasteiger partial charge is 0.349 e. The predicted octanol–water partition coefficient (Wildman–Crippen LogP) is 3.07. The number of esters is 1. The van der Waals surface area contributed by atoms with Crippen molar-refractivity contribution in [1.82, 2.24) is 5.32 Å². The second-order valence-electron chi connectivity index (χ2n) is 7.26. The van der Waals surface area contributed by atoms with Gasteiger partial charge in [0.1, 0.15) is 22.6 Å². The number of fused-ring (bicyclic) bond motifs is 1. The van der Waals surface area contributed by atoms with Gasteiger partial charge in [-0.3, -0.25) is 14.9 Å². The molecule has 166 valence electrons. The molecule has 10 heteroatoms. The molecule has 0 unspecified atom stereocenters. The number of nitro benzene ring substituents is 1. The first-order chi connectivity index (χ1) is 15.2. The summed E-state index contributed by atoms with van der Waals surface area (Å²) in [5, 5.41) is 13.8. The van der Waals surface area contributed by atoms with Crippen molar-refractivity contribution in [2.45, 2.75) is 13.8 Å².